The van der Waals surface area contributed by atoms with E-state index < -0.39 is 17.7 Å². The van der Waals surface area contributed by atoms with E-state index in [0.717, 1.165) is 16.9 Å². The number of hydrogen-bond acceptors (Lipinski definition) is 7. The van der Waals surface area contributed by atoms with Crippen molar-refractivity contribution in [3.8, 4) is 5.75 Å². The Morgan fingerprint density at radius 3 is 2.47 bits per heavy atom. The molecule has 7 nitrogen and oxygen atoms in total. The topological polar surface area (TPSA) is 96.8 Å². The number of rotatable bonds is 6. The van der Waals surface area contributed by atoms with Gasteiger partial charge in [-0.2, -0.15) is 0 Å². The second kappa shape index (κ2) is 9.23. The molecule has 1 atom stereocenters. The Hall–Kier alpha value is -3.78. The van der Waals surface area contributed by atoms with Crippen LogP contribution in [0.4, 0.5) is 5.13 Å². The number of aliphatic hydroxyl groups excluding tert-OH is 1. The average Bonchev–Trinajstić information content (AvgIpc) is 3.31. The first kappa shape index (κ1) is 23.4. The molecule has 174 valence electrons. The predicted molar refractivity (Wildman–Crippen MR) is 130 cm³/mol. The third-order valence-electron chi connectivity index (χ3n) is 5.57. The van der Waals surface area contributed by atoms with Crippen molar-refractivity contribution in [2.24, 2.45) is 0 Å². The number of ketones is 2. The predicted octanol–water partition coefficient (Wildman–Crippen LogP) is 4.99. The lowest BCUT2D eigenvalue weighted by Crippen LogP contribution is -2.29. The lowest BCUT2D eigenvalue weighted by Gasteiger charge is -2.23. The molecule has 2 heterocycles. The van der Waals surface area contributed by atoms with Gasteiger partial charge in [0, 0.05) is 12.5 Å². The molecule has 1 saturated heterocycles. The molecular formula is C26H24N2O5S. The summed E-state index contributed by atoms with van der Waals surface area (Å²) in [5.41, 5.74) is 2.44. The maximum Gasteiger partial charge on any atom is 0.301 e. The minimum absolute atomic E-state index is 0.0419. The molecule has 1 aliphatic rings. The molecule has 4 rings (SSSR count). The van der Waals surface area contributed by atoms with Crippen molar-refractivity contribution in [3.63, 3.8) is 0 Å². The summed E-state index contributed by atoms with van der Waals surface area (Å²) in [5.74, 6) is -1.51. The molecule has 0 aliphatic carbocycles. The second-order valence-corrected chi connectivity index (χ2v) is 8.99. The summed E-state index contributed by atoms with van der Waals surface area (Å²) in [6.07, 6.45) is 0. The number of benzene rings is 2. The first-order valence-corrected chi connectivity index (χ1v) is 11.6. The van der Waals surface area contributed by atoms with Crippen LogP contribution in [-0.2, 0) is 9.59 Å². The lowest BCUT2D eigenvalue weighted by atomic mass is 9.95. The molecule has 3 aromatic rings. The maximum atomic E-state index is 13.3. The number of nitrogens with zero attached hydrogens (tertiary/aromatic N) is 2. The van der Waals surface area contributed by atoms with E-state index in [0.29, 0.717) is 34.1 Å². The number of anilines is 1. The Bertz CT molecular complexity index is 1320. The van der Waals surface area contributed by atoms with Gasteiger partial charge in [-0.05, 0) is 38.5 Å². The average molecular weight is 477 g/mol. The SMILES string of the molecule is CCOc1cccc([C@@H]2C(=C(O)c3ccc(C)cc3)C(=O)C(=O)N2c2nc(C)c(C(C)=O)s2)c1. The number of amides is 1. The largest absolute Gasteiger partial charge is 0.507 e. The van der Waals surface area contributed by atoms with Crippen molar-refractivity contribution in [1.29, 1.82) is 0 Å². The van der Waals surface area contributed by atoms with Gasteiger partial charge in [0.2, 0.25) is 0 Å². The molecule has 34 heavy (non-hydrogen) atoms. The quantitative estimate of drug-likeness (QED) is 0.233. The monoisotopic (exact) mass is 476 g/mol. The maximum absolute atomic E-state index is 13.3. The van der Waals surface area contributed by atoms with Crippen molar-refractivity contribution < 1.29 is 24.2 Å². The molecule has 0 radical (unpaired) electrons. The highest BCUT2D eigenvalue weighted by Gasteiger charge is 2.48. The fourth-order valence-corrected chi connectivity index (χ4v) is 4.95. The smallest absolute Gasteiger partial charge is 0.301 e. The van der Waals surface area contributed by atoms with Crippen molar-refractivity contribution in [3.05, 3.63) is 81.4 Å². The van der Waals surface area contributed by atoms with E-state index in [1.807, 2.05) is 26.0 Å². The van der Waals surface area contributed by atoms with E-state index >= 15 is 0 Å². The molecule has 0 spiro atoms. The van der Waals surface area contributed by atoms with E-state index in [2.05, 4.69) is 4.98 Å². The summed E-state index contributed by atoms with van der Waals surface area (Å²) < 4.78 is 5.62. The number of aliphatic hydroxyl groups is 1. The van der Waals surface area contributed by atoms with Gasteiger partial charge in [-0.1, -0.05) is 53.3 Å². The molecule has 0 saturated carbocycles. The molecule has 1 fully saturated rings. The van der Waals surface area contributed by atoms with Gasteiger partial charge in [-0.3, -0.25) is 19.3 Å². The first-order valence-electron chi connectivity index (χ1n) is 10.8. The second-order valence-electron chi connectivity index (χ2n) is 8.01. The Labute approximate surface area is 201 Å². The molecule has 1 aromatic heterocycles. The fraction of sp³-hybridized carbons (Fsp3) is 0.231. The third kappa shape index (κ3) is 4.12. The van der Waals surface area contributed by atoms with Gasteiger partial charge in [-0.25, -0.2) is 4.98 Å². The summed E-state index contributed by atoms with van der Waals surface area (Å²) >= 11 is 1.05. The number of carbonyl (C=O) groups is 3. The number of hydrogen-bond donors (Lipinski definition) is 1. The van der Waals surface area contributed by atoms with Crippen molar-refractivity contribution >= 4 is 39.7 Å². The van der Waals surface area contributed by atoms with Crippen LogP contribution in [0.5, 0.6) is 5.75 Å². The summed E-state index contributed by atoms with van der Waals surface area (Å²) in [6, 6.07) is 13.1. The van der Waals surface area contributed by atoms with E-state index in [-0.39, 0.29) is 22.2 Å². The van der Waals surface area contributed by atoms with E-state index in [1.54, 1.807) is 43.3 Å². The number of thiazole rings is 1. The highest BCUT2D eigenvalue weighted by molar-refractivity contribution is 7.18. The molecule has 1 N–H and O–H groups in total. The number of ether oxygens (including phenoxy) is 1. The third-order valence-corrected chi connectivity index (χ3v) is 6.82. The van der Waals surface area contributed by atoms with E-state index in [4.69, 9.17) is 4.74 Å². The summed E-state index contributed by atoms with van der Waals surface area (Å²) in [7, 11) is 0. The fourth-order valence-electron chi connectivity index (χ4n) is 3.97. The standard InChI is InChI=1S/C26H24N2O5S/c1-5-33-19-8-6-7-18(13-19)21-20(22(30)17-11-9-14(2)10-12-17)23(31)25(32)28(21)26-27-15(3)24(34-26)16(4)29/h6-13,21,30H,5H2,1-4H3/t21-/m1/s1. The highest BCUT2D eigenvalue weighted by Crippen LogP contribution is 2.44. The minimum atomic E-state index is -0.938. The van der Waals surface area contributed by atoms with Crippen LogP contribution >= 0.6 is 11.3 Å². The molecule has 0 bridgehead atoms. The van der Waals surface area contributed by atoms with Gasteiger partial charge >= 0.3 is 5.91 Å². The zero-order chi connectivity index (χ0) is 24.6. The molecule has 1 aliphatic heterocycles. The molecular weight excluding hydrogens is 452 g/mol. The zero-order valence-electron chi connectivity index (χ0n) is 19.3. The van der Waals surface area contributed by atoms with Gasteiger partial charge < -0.3 is 9.84 Å². The van der Waals surface area contributed by atoms with Crippen LogP contribution < -0.4 is 9.64 Å². The van der Waals surface area contributed by atoms with Gasteiger partial charge in [0.25, 0.3) is 5.78 Å². The Morgan fingerprint density at radius 2 is 1.85 bits per heavy atom. The first-order chi connectivity index (χ1) is 16.2. The van der Waals surface area contributed by atoms with Crippen molar-refractivity contribution in [2.75, 3.05) is 11.5 Å². The summed E-state index contributed by atoms with van der Waals surface area (Å²) in [6.45, 7) is 7.33. The zero-order valence-corrected chi connectivity index (χ0v) is 20.1. The molecule has 1 amide bonds. The van der Waals surface area contributed by atoms with Crippen LogP contribution in [-0.4, -0.2) is 34.2 Å². The molecule has 0 unspecified atom stereocenters. The van der Waals surface area contributed by atoms with Crippen LogP contribution in [0.25, 0.3) is 5.76 Å². The van der Waals surface area contributed by atoms with E-state index in [9.17, 15) is 19.5 Å². The number of Topliss-reactive ketones (excluding diaryl/α,β-unsaturated/α-hetero) is 2. The van der Waals surface area contributed by atoms with E-state index in [1.165, 1.54) is 11.8 Å². The number of aryl methyl sites for hydroxylation is 2. The van der Waals surface area contributed by atoms with Crippen molar-refractivity contribution in [2.45, 2.75) is 33.7 Å². The Kier molecular flexibility index (Phi) is 6.34. The Morgan fingerprint density at radius 1 is 1.15 bits per heavy atom. The summed E-state index contributed by atoms with van der Waals surface area (Å²) in [4.78, 5) is 44.7. The van der Waals surface area contributed by atoms with Crippen LogP contribution in [0, 0.1) is 13.8 Å². The van der Waals surface area contributed by atoms with Crippen molar-refractivity contribution in [1.82, 2.24) is 4.98 Å². The van der Waals surface area contributed by atoms with Crippen LogP contribution in [0.15, 0.2) is 54.1 Å². The van der Waals surface area contributed by atoms with Gasteiger partial charge in [0.05, 0.1) is 28.8 Å². The van der Waals surface area contributed by atoms with Crippen LogP contribution in [0.3, 0.4) is 0 Å². The number of carbonyl (C=O) groups excluding carboxylic acids is 3. The van der Waals surface area contributed by atoms with Crippen LogP contribution in [0.1, 0.15) is 51.9 Å². The van der Waals surface area contributed by atoms with Crippen LogP contribution in [0.2, 0.25) is 0 Å². The van der Waals surface area contributed by atoms with Gasteiger partial charge in [0.15, 0.2) is 10.9 Å². The number of aromatic nitrogens is 1. The highest BCUT2D eigenvalue weighted by atomic mass is 32.1. The molecule has 8 heteroatoms. The molecule has 2 aromatic carbocycles. The van der Waals surface area contributed by atoms with Gasteiger partial charge in [-0.15, -0.1) is 0 Å². The Balaban J connectivity index is 1.95. The normalized spacial score (nSPS) is 17.3. The summed E-state index contributed by atoms with van der Waals surface area (Å²) in [5, 5.41) is 11.4. The van der Waals surface area contributed by atoms with Gasteiger partial charge in [0.1, 0.15) is 11.5 Å². The minimum Gasteiger partial charge on any atom is -0.507 e. The lowest BCUT2D eigenvalue weighted by molar-refractivity contribution is -0.132.